The van der Waals surface area contributed by atoms with E-state index >= 15 is 0 Å². The number of carbonyl (C=O) groups excluding carboxylic acids is 2. The van der Waals surface area contributed by atoms with E-state index in [0.29, 0.717) is 40.0 Å². The molecule has 0 aliphatic rings. The number of nitrogens with zero attached hydrogens (tertiary/aromatic N) is 1. The number of hydrogen-bond acceptors (Lipinski definition) is 2. The van der Waals surface area contributed by atoms with Crippen molar-refractivity contribution in [2.24, 2.45) is 0 Å². The zero-order chi connectivity index (χ0) is 24.5. The monoisotopic (exact) mass is 516 g/mol. The van der Waals surface area contributed by atoms with E-state index < -0.39 is 6.04 Å². The van der Waals surface area contributed by atoms with E-state index in [1.807, 2.05) is 55.5 Å². The third-order valence-electron chi connectivity index (χ3n) is 5.58. The molecule has 3 rings (SSSR count). The Bertz CT molecular complexity index is 1100. The normalized spacial score (nSPS) is 11.6. The average molecular weight is 518 g/mol. The molecule has 0 heterocycles. The fourth-order valence-corrected chi connectivity index (χ4v) is 4.53. The molecule has 0 aromatic heterocycles. The largest absolute Gasteiger partial charge is 0.355 e. The third-order valence-corrected chi connectivity index (χ3v) is 6.66. The number of likely N-dealkylation sites (N-methyl/N-ethyl adjacent to an activating group) is 1. The number of nitrogens with one attached hydrogen (secondary N) is 1. The topological polar surface area (TPSA) is 49.4 Å². The first kappa shape index (κ1) is 26.1. The van der Waals surface area contributed by atoms with E-state index in [4.69, 9.17) is 34.8 Å². The molecule has 0 aliphatic carbocycles. The predicted molar refractivity (Wildman–Crippen MR) is 139 cm³/mol. The number of aryl methyl sites for hydroxylation is 1. The van der Waals surface area contributed by atoms with Gasteiger partial charge in [-0.05, 0) is 42.7 Å². The molecule has 0 spiro atoms. The number of halogens is 3. The molecule has 3 aromatic carbocycles. The Balaban J connectivity index is 1.95. The van der Waals surface area contributed by atoms with Crippen molar-refractivity contribution < 1.29 is 9.59 Å². The molecule has 0 bridgehead atoms. The molecule has 0 aliphatic heterocycles. The van der Waals surface area contributed by atoms with E-state index in [9.17, 15) is 9.59 Å². The number of carbonyl (C=O) groups is 2. The second-order valence-electron chi connectivity index (χ2n) is 7.91. The summed E-state index contributed by atoms with van der Waals surface area (Å²) in [6.07, 6.45) is 1.02. The summed E-state index contributed by atoms with van der Waals surface area (Å²) in [6.45, 7) is 2.43. The fourth-order valence-electron chi connectivity index (χ4n) is 3.79. The van der Waals surface area contributed by atoms with Crippen LogP contribution in [0.1, 0.15) is 30.0 Å². The van der Waals surface area contributed by atoms with Crippen LogP contribution in [-0.4, -0.2) is 29.3 Å². The highest BCUT2D eigenvalue weighted by molar-refractivity contribution is 6.36. The molecule has 7 heteroatoms. The Labute approximate surface area is 215 Å². The zero-order valence-electron chi connectivity index (χ0n) is 18.9. The predicted octanol–water partition coefficient (Wildman–Crippen LogP) is 6.36. The zero-order valence-corrected chi connectivity index (χ0v) is 21.2. The summed E-state index contributed by atoms with van der Waals surface area (Å²) >= 11 is 19.2. The summed E-state index contributed by atoms with van der Waals surface area (Å²) in [5.41, 5.74) is 2.44. The first-order valence-electron chi connectivity index (χ1n) is 11.2. The van der Waals surface area contributed by atoms with Gasteiger partial charge in [-0.2, -0.15) is 0 Å². The maximum Gasteiger partial charge on any atom is 0.243 e. The van der Waals surface area contributed by atoms with E-state index in [0.717, 1.165) is 11.1 Å². The summed E-state index contributed by atoms with van der Waals surface area (Å²) in [5, 5.41) is 4.39. The van der Waals surface area contributed by atoms with Gasteiger partial charge in [-0.15, -0.1) is 0 Å². The maximum atomic E-state index is 13.6. The summed E-state index contributed by atoms with van der Waals surface area (Å²) in [7, 11) is 0. The van der Waals surface area contributed by atoms with Gasteiger partial charge in [-0.3, -0.25) is 9.59 Å². The highest BCUT2D eigenvalue weighted by atomic mass is 35.5. The highest BCUT2D eigenvalue weighted by Gasteiger charge is 2.31. The van der Waals surface area contributed by atoms with Crippen LogP contribution in [-0.2, 0) is 29.0 Å². The van der Waals surface area contributed by atoms with E-state index in [2.05, 4.69) is 5.32 Å². The van der Waals surface area contributed by atoms with Crippen LogP contribution in [0.5, 0.6) is 0 Å². The summed E-state index contributed by atoms with van der Waals surface area (Å²) in [6, 6.07) is 21.6. The molecule has 4 nitrogen and oxygen atoms in total. The Morgan fingerprint density at radius 1 is 0.853 bits per heavy atom. The maximum absolute atomic E-state index is 13.6. The molecule has 0 fully saturated rings. The Morgan fingerprint density at radius 2 is 1.47 bits per heavy atom. The average Bonchev–Trinajstić information content (AvgIpc) is 2.83. The number of hydrogen-bond donors (Lipinski definition) is 1. The van der Waals surface area contributed by atoms with Crippen molar-refractivity contribution in [1.82, 2.24) is 10.2 Å². The quantitative estimate of drug-likeness (QED) is 0.340. The standard InChI is InChI=1S/C27H27Cl3N2O2/c1-2-31-27(34)25(17-19-9-4-3-5-10-19)32(18-21-23(29)13-8-14-24(21)30)26(33)16-15-20-11-6-7-12-22(20)28/h3-14,25H,2,15-18H2,1H3,(H,31,34). The van der Waals surface area contributed by atoms with Gasteiger partial charge in [0.15, 0.2) is 0 Å². The van der Waals surface area contributed by atoms with Gasteiger partial charge >= 0.3 is 0 Å². The first-order chi connectivity index (χ1) is 16.4. The second kappa shape index (κ2) is 12.8. The lowest BCUT2D eigenvalue weighted by Crippen LogP contribution is -2.50. The molecule has 1 N–H and O–H groups in total. The van der Waals surface area contributed by atoms with Crippen LogP contribution < -0.4 is 5.32 Å². The van der Waals surface area contributed by atoms with Crippen LogP contribution in [0.15, 0.2) is 72.8 Å². The highest BCUT2D eigenvalue weighted by Crippen LogP contribution is 2.28. The lowest BCUT2D eigenvalue weighted by atomic mass is 10.0. The van der Waals surface area contributed by atoms with Crippen molar-refractivity contribution in [2.75, 3.05) is 6.54 Å². The van der Waals surface area contributed by atoms with Gasteiger partial charge in [-0.1, -0.05) is 89.4 Å². The van der Waals surface area contributed by atoms with E-state index in [1.54, 1.807) is 29.2 Å². The lowest BCUT2D eigenvalue weighted by Gasteiger charge is -2.32. The van der Waals surface area contributed by atoms with Crippen LogP contribution in [0.2, 0.25) is 15.1 Å². The first-order valence-corrected chi connectivity index (χ1v) is 12.3. The molecule has 0 saturated heterocycles. The molecule has 1 unspecified atom stereocenters. The lowest BCUT2D eigenvalue weighted by molar-refractivity contribution is -0.141. The third kappa shape index (κ3) is 6.99. The molecule has 2 amide bonds. The molecule has 0 saturated carbocycles. The van der Waals surface area contributed by atoms with Crippen LogP contribution in [0, 0.1) is 0 Å². The molecule has 3 aromatic rings. The minimum Gasteiger partial charge on any atom is -0.355 e. The molecule has 178 valence electrons. The van der Waals surface area contributed by atoms with Gasteiger partial charge in [0.05, 0.1) is 0 Å². The molecular formula is C27H27Cl3N2O2. The number of benzene rings is 3. The summed E-state index contributed by atoms with van der Waals surface area (Å²) < 4.78 is 0. The smallest absolute Gasteiger partial charge is 0.243 e. The van der Waals surface area contributed by atoms with Crippen molar-refractivity contribution in [2.45, 2.75) is 38.8 Å². The van der Waals surface area contributed by atoms with Crippen LogP contribution in [0.4, 0.5) is 0 Å². The van der Waals surface area contributed by atoms with Gasteiger partial charge in [0.25, 0.3) is 0 Å². The van der Waals surface area contributed by atoms with Gasteiger partial charge in [-0.25, -0.2) is 0 Å². The summed E-state index contributed by atoms with van der Waals surface area (Å²) in [4.78, 5) is 28.4. The van der Waals surface area contributed by atoms with E-state index in [-0.39, 0.29) is 24.8 Å². The Hall–Kier alpha value is -2.53. The van der Waals surface area contributed by atoms with Gasteiger partial charge in [0.2, 0.25) is 11.8 Å². The van der Waals surface area contributed by atoms with Crippen LogP contribution in [0.3, 0.4) is 0 Å². The minimum absolute atomic E-state index is 0.120. The van der Waals surface area contributed by atoms with Crippen molar-refractivity contribution in [3.05, 3.63) is 105 Å². The fraction of sp³-hybridized carbons (Fsp3) is 0.259. The van der Waals surface area contributed by atoms with Crippen molar-refractivity contribution in [3.63, 3.8) is 0 Å². The van der Waals surface area contributed by atoms with Crippen molar-refractivity contribution >= 4 is 46.6 Å². The SMILES string of the molecule is CCNC(=O)C(Cc1ccccc1)N(Cc1c(Cl)cccc1Cl)C(=O)CCc1ccccc1Cl. The molecule has 34 heavy (non-hydrogen) atoms. The second-order valence-corrected chi connectivity index (χ2v) is 9.13. The number of amides is 2. The Morgan fingerprint density at radius 3 is 2.12 bits per heavy atom. The Kier molecular flexibility index (Phi) is 9.82. The molecular weight excluding hydrogens is 491 g/mol. The molecule has 0 radical (unpaired) electrons. The molecule has 1 atom stereocenters. The van der Waals surface area contributed by atoms with Crippen molar-refractivity contribution in [3.8, 4) is 0 Å². The van der Waals surface area contributed by atoms with Crippen LogP contribution in [0.25, 0.3) is 0 Å². The number of rotatable bonds is 10. The van der Waals surface area contributed by atoms with Gasteiger partial charge < -0.3 is 10.2 Å². The van der Waals surface area contributed by atoms with Crippen molar-refractivity contribution in [1.29, 1.82) is 0 Å². The summed E-state index contributed by atoms with van der Waals surface area (Å²) in [5.74, 6) is -0.399. The van der Waals surface area contributed by atoms with Gasteiger partial charge in [0, 0.05) is 46.6 Å². The van der Waals surface area contributed by atoms with Crippen LogP contribution >= 0.6 is 34.8 Å². The minimum atomic E-state index is -0.728. The van der Waals surface area contributed by atoms with E-state index in [1.165, 1.54) is 0 Å². The van der Waals surface area contributed by atoms with Gasteiger partial charge in [0.1, 0.15) is 6.04 Å².